The van der Waals surface area contributed by atoms with Gasteiger partial charge in [0.05, 0.1) is 23.5 Å². The Bertz CT molecular complexity index is 1330. The molecular weight excluding hydrogens is 422 g/mol. The molecule has 2 aromatic heterocycles. The van der Waals surface area contributed by atoms with Crippen molar-refractivity contribution in [2.75, 3.05) is 17.2 Å². The highest BCUT2D eigenvalue weighted by Gasteiger charge is 2.22. The highest BCUT2D eigenvalue weighted by atomic mass is 35.5. The first-order valence-electron chi connectivity index (χ1n) is 9.47. The smallest absolute Gasteiger partial charge is 0.354 e. The zero-order chi connectivity index (χ0) is 22.3. The number of hydrogen-bond acceptors (Lipinski definition) is 7. The van der Waals surface area contributed by atoms with Gasteiger partial charge in [0.15, 0.2) is 5.69 Å². The van der Waals surface area contributed by atoms with Crippen LogP contribution in [0, 0.1) is 11.3 Å². The molecule has 9 nitrogen and oxygen atoms in total. The SMILES string of the molecule is C[C@H]1CCOc2c(c3cc(Nc4cc(C(=O)O)nc(Cl)c4C#N)ccc3n(C)c2=O)N1. The fraction of sp³-hybridized carbons (Fsp3) is 0.238. The van der Waals surface area contributed by atoms with Gasteiger partial charge in [-0.15, -0.1) is 0 Å². The molecule has 1 aromatic carbocycles. The molecule has 3 aromatic rings. The number of fused-ring (bicyclic) bond motifs is 3. The lowest BCUT2D eigenvalue weighted by Crippen LogP contribution is -2.21. The second kappa shape index (κ2) is 7.81. The Balaban J connectivity index is 1.88. The lowest BCUT2D eigenvalue weighted by Gasteiger charge is -2.17. The number of ether oxygens (including phenoxy) is 1. The zero-order valence-electron chi connectivity index (χ0n) is 16.7. The predicted molar refractivity (Wildman–Crippen MR) is 117 cm³/mol. The maximum atomic E-state index is 12.8. The highest BCUT2D eigenvalue weighted by Crippen LogP contribution is 2.35. The quantitative estimate of drug-likeness (QED) is 0.529. The Hall–Kier alpha value is -3.77. The van der Waals surface area contributed by atoms with E-state index in [1.807, 2.05) is 13.0 Å². The van der Waals surface area contributed by atoms with Crippen LogP contribution >= 0.6 is 11.6 Å². The van der Waals surface area contributed by atoms with Crippen molar-refractivity contribution < 1.29 is 14.6 Å². The number of carboxylic acid groups (broad SMARTS) is 1. The number of nitrogens with one attached hydrogen (secondary N) is 2. The Labute approximate surface area is 181 Å². The number of benzene rings is 1. The van der Waals surface area contributed by atoms with Crippen LogP contribution in [0.25, 0.3) is 10.9 Å². The molecule has 0 bridgehead atoms. The van der Waals surface area contributed by atoms with Gasteiger partial charge in [-0.1, -0.05) is 11.6 Å². The first-order valence-corrected chi connectivity index (χ1v) is 9.85. The number of pyridine rings is 2. The first-order chi connectivity index (χ1) is 14.8. The van der Waals surface area contributed by atoms with Crippen molar-refractivity contribution in [3.05, 3.63) is 51.0 Å². The van der Waals surface area contributed by atoms with E-state index >= 15 is 0 Å². The van der Waals surface area contributed by atoms with E-state index in [1.54, 1.807) is 25.2 Å². The summed E-state index contributed by atoms with van der Waals surface area (Å²) in [6.07, 6.45) is 0.746. The van der Waals surface area contributed by atoms with Crippen molar-refractivity contribution in [3.63, 3.8) is 0 Å². The molecule has 1 aliphatic heterocycles. The molecule has 1 aliphatic rings. The standard InChI is InChI=1S/C21H18ClN5O4/c1-10-5-6-31-18-17(24-10)12-7-11(3-4-16(12)27(2)20(18)28)25-14-8-15(21(29)30)26-19(22)13(14)9-23/h3-4,7-8,10,24H,5-6H2,1-2H3,(H,25,26)(H,29,30)/t10-/m0/s1. The van der Waals surface area contributed by atoms with Crippen LogP contribution in [0.15, 0.2) is 29.1 Å². The van der Waals surface area contributed by atoms with E-state index in [-0.39, 0.29) is 39.4 Å². The minimum absolute atomic E-state index is 0.0288. The van der Waals surface area contributed by atoms with Crippen LogP contribution in [-0.4, -0.2) is 33.3 Å². The maximum absolute atomic E-state index is 12.8. The van der Waals surface area contributed by atoms with Gasteiger partial charge in [-0.25, -0.2) is 9.78 Å². The third-order valence-electron chi connectivity index (χ3n) is 5.13. The normalized spacial score (nSPS) is 15.2. The fourth-order valence-corrected chi connectivity index (χ4v) is 3.75. The molecule has 0 spiro atoms. The Morgan fingerprint density at radius 3 is 2.94 bits per heavy atom. The average Bonchev–Trinajstić information content (AvgIpc) is 2.93. The van der Waals surface area contributed by atoms with Crippen LogP contribution in [0.5, 0.6) is 5.75 Å². The molecule has 0 amide bonds. The summed E-state index contributed by atoms with van der Waals surface area (Å²) in [6.45, 7) is 2.44. The zero-order valence-corrected chi connectivity index (χ0v) is 17.4. The molecule has 0 saturated heterocycles. The molecule has 0 unspecified atom stereocenters. The van der Waals surface area contributed by atoms with Gasteiger partial charge in [-0.2, -0.15) is 5.26 Å². The maximum Gasteiger partial charge on any atom is 0.354 e. The van der Waals surface area contributed by atoms with Crippen LogP contribution in [-0.2, 0) is 7.05 Å². The van der Waals surface area contributed by atoms with Gasteiger partial charge in [0.1, 0.15) is 16.8 Å². The van der Waals surface area contributed by atoms with E-state index in [0.29, 0.717) is 23.5 Å². The van der Waals surface area contributed by atoms with E-state index in [4.69, 9.17) is 16.3 Å². The Kier molecular flexibility index (Phi) is 5.17. The number of carboxylic acids is 1. The summed E-state index contributed by atoms with van der Waals surface area (Å²) in [7, 11) is 1.67. The highest BCUT2D eigenvalue weighted by molar-refractivity contribution is 6.31. The van der Waals surface area contributed by atoms with Crippen molar-refractivity contribution in [1.29, 1.82) is 5.26 Å². The molecule has 4 rings (SSSR count). The van der Waals surface area contributed by atoms with Crippen LogP contribution in [0.3, 0.4) is 0 Å². The molecule has 1 atom stereocenters. The van der Waals surface area contributed by atoms with E-state index in [1.165, 1.54) is 10.6 Å². The second-order valence-corrected chi connectivity index (χ2v) is 7.60. The van der Waals surface area contributed by atoms with Crippen molar-refractivity contribution in [2.24, 2.45) is 7.05 Å². The number of carbonyl (C=O) groups is 1. The van der Waals surface area contributed by atoms with Gasteiger partial charge in [-0.3, -0.25) is 4.79 Å². The number of aromatic carboxylic acids is 1. The molecule has 158 valence electrons. The predicted octanol–water partition coefficient (Wildman–Crippen LogP) is 3.48. The summed E-state index contributed by atoms with van der Waals surface area (Å²) < 4.78 is 7.26. The first kappa shape index (κ1) is 20.5. The topological polar surface area (TPSA) is 129 Å². The number of aryl methyl sites for hydroxylation is 1. The van der Waals surface area contributed by atoms with E-state index in [0.717, 1.165) is 11.8 Å². The second-order valence-electron chi connectivity index (χ2n) is 7.25. The van der Waals surface area contributed by atoms with Crippen molar-refractivity contribution >= 4 is 45.5 Å². The van der Waals surface area contributed by atoms with Crippen LogP contribution < -0.4 is 20.9 Å². The molecule has 0 radical (unpaired) electrons. The fourth-order valence-electron chi connectivity index (χ4n) is 3.51. The minimum atomic E-state index is -1.26. The van der Waals surface area contributed by atoms with Crippen molar-refractivity contribution in [2.45, 2.75) is 19.4 Å². The number of nitriles is 1. The number of hydrogen-bond donors (Lipinski definition) is 3. The molecule has 3 heterocycles. The van der Waals surface area contributed by atoms with Gasteiger partial charge < -0.3 is 25.0 Å². The lowest BCUT2D eigenvalue weighted by atomic mass is 10.1. The van der Waals surface area contributed by atoms with E-state index in [9.17, 15) is 20.0 Å². The number of aromatic nitrogens is 2. The van der Waals surface area contributed by atoms with Crippen LogP contribution in [0.1, 0.15) is 29.4 Å². The molecule has 0 saturated carbocycles. The third-order valence-corrected chi connectivity index (χ3v) is 5.40. The number of anilines is 3. The average molecular weight is 440 g/mol. The van der Waals surface area contributed by atoms with Crippen LogP contribution in [0.2, 0.25) is 5.15 Å². The largest absolute Gasteiger partial charge is 0.486 e. The molecule has 0 aliphatic carbocycles. The molecule has 10 heteroatoms. The number of rotatable bonds is 3. The molecular formula is C21H18ClN5O4. The third kappa shape index (κ3) is 3.62. The van der Waals surface area contributed by atoms with Gasteiger partial charge in [0, 0.05) is 30.6 Å². The van der Waals surface area contributed by atoms with Gasteiger partial charge in [-0.05, 0) is 31.2 Å². The Morgan fingerprint density at radius 1 is 1.45 bits per heavy atom. The Morgan fingerprint density at radius 2 is 2.23 bits per heavy atom. The molecule has 3 N–H and O–H groups in total. The van der Waals surface area contributed by atoms with Gasteiger partial charge >= 0.3 is 5.97 Å². The van der Waals surface area contributed by atoms with Gasteiger partial charge in [0.2, 0.25) is 5.75 Å². The summed E-state index contributed by atoms with van der Waals surface area (Å²) >= 11 is 6.01. The summed E-state index contributed by atoms with van der Waals surface area (Å²) in [6, 6.07) is 8.60. The molecule has 31 heavy (non-hydrogen) atoms. The summed E-state index contributed by atoms with van der Waals surface area (Å²) in [5.74, 6) is -1.00. The summed E-state index contributed by atoms with van der Waals surface area (Å²) in [5.41, 5.74) is 1.59. The number of halogens is 1. The molecule has 0 fully saturated rings. The van der Waals surface area contributed by atoms with Crippen LogP contribution in [0.4, 0.5) is 17.1 Å². The number of nitrogens with zero attached hydrogens (tertiary/aromatic N) is 3. The van der Waals surface area contributed by atoms with E-state index in [2.05, 4.69) is 15.6 Å². The van der Waals surface area contributed by atoms with E-state index < -0.39 is 5.97 Å². The summed E-state index contributed by atoms with van der Waals surface area (Å²) in [5, 5.41) is 25.6. The monoisotopic (exact) mass is 439 g/mol. The summed E-state index contributed by atoms with van der Waals surface area (Å²) in [4.78, 5) is 27.8. The van der Waals surface area contributed by atoms with Crippen molar-refractivity contribution in [3.8, 4) is 11.8 Å². The van der Waals surface area contributed by atoms with Crippen molar-refractivity contribution in [1.82, 2.24) is 9.55 Å². The van der Waals surface area contributed by atoms with Gasteiger partial charge in [0.25, 0.3) is 5.56 Å². The lowest BCUT2D eigenvalue weighted by molar-refractivity contribution is 0.0690. The minimum Gasteiger partial charge on any atom is -0.486 e.